The molecule has 25 heavy (non-hydrogen) atoms. The van der Waals surface area contributed by atoms with Crippen LogP contribution < -0.4 is 0 Å². The molecule has 1 aliphatic heterocycles. The Labute approximate surface area is 152 Å². The van der Waals surface area contributed by atoms with E-state index in [1.165, 1.54) is 12.7 Å². The average molecular weight is 360 g/mol. The summed E-state index contributed by atoms with van der Waals surface area (Å²) in [6.07, 6.45) is 2.17. The van der Waals surface area contributed by atoms with Gasteiger partial charge < -0.3 is 9.72 Å². The Morgan fingerprint density at radius 2 is 2.16 bits per heavy atom. The van der Waals surface area contributed by atoms with Crippen LogP contribution in [0.5, 0.6) is 0 Å². The molecule has 0 aliphatic carbocycles. The highest BCUT2D eigenvalue weighted by Gasteiger charge is 2.35. The fourth-order valence-electron chi connectivity index (χ4n) is 3.84. The molecule has 1 N–H and O–H groups in total. The molecule has 0 spiro atoms. The van der Waals surface area contributed by atoms with Gasteiger partial charge in [-0.1, -0.05) is 0 Å². The Bertz CT molecular complexity index is 779. The van der Waals surface area contributed by atoms with Crippen molar-refractivity contribution in [3.8, 4) is 0 Å². The predicted molar refractivity (Wildman–Crippen MR) is 98.4 cm³/mol. The fourth-order valence-corrected chi connectivity index (χ4v) is 4.55. The van der Waals surface area contributed by atoms with Crippen LogP contribution in [0.15, 0.2) is 16.8 Å². The van der Waals surface area contributed by atoms with Gasteiger partial charge in [0.1, 0.15) is 0 Å². The molecule has 2 aromatic rings. The number of aryl methyl sites for hydroxylation is 1. The molecule has 5 nitrogen and oxygen atoms in total. The number of Topliss-reactive ketones (excluding diaryl/α,β-unsaturated/α-hetero) is 1. The number of aromatic amines is 1. The minimum atomic E-state index is -0.407. The van der Waals surface area contributed by atoms with E-state index in [-0.39, 0.29) is 11.8 Å². The zero-order valence-electron chi connectivity index (χ0n) is 15.1. The van der Waals surface area contributed by atoms with Crippen LogP contribution in [0, 0.1) is 13.8 Å². The summed E-state index contributed by atoms with van der Waals surface area (Å²) in [7, 11) is 1.36. The molecule has 0 saturated carbocycles. The van der Waals surface area contributed by atoms with E-state index in [2.05, 4.69) is 26.7 Å². The number of rotatable bonds is 5. The summed E-state index contributed by atoms with van der Waals surface area (Å²) in [5.41, 5.74) is 3.62. The van der Waals surface area contributed by atoms with Gasteiger partial charge >= 0.3 is 5.97 Å². The molecule has 3 rings (SSSR count). The fraction of sp³-hybridized carbons (Fsp3) is 0.474. The molecule has 134 valence electrons. The van der Waals surface area contributed by atoms with Crippen LogP contribution >= 0.6 is 11.3 Å². The van der Waals surface area contributed by atoms with E-state index in [9.17, 15) is 9.59 Å². The van der Waals surface area contributed by atoms with Gasteiger partial charge in [0.25, 0.3) is 0 Å². The summed E-state index contributed by atoms with van der Waals surface area (Å²) >= 11 is 1.69. The molecular formula is C19H24N2O3S. The second-order valence-corrected chi connectivity index (χ2v) is 7.39. The van der Waals surface area contributed by atoms with E-state index >= 15 is 0 Å². The number of methoxy groups -OCH3 is 1. The first-order valence-corrected chi connectivity index (χ1v) is 9.49. The highest BCUT2D eigenvalue weighted by atomic mass is 32.1. The van der Waals surface area contributed by atoms with Gasteiger partial charge in [-0.25, -0.2) is 4.79 Å². The van der Waals surface area contributed by atoms with Crippen LogP contribution in [0.3, 0.4) is 0 Å². The maximum Gasteiger partial charge on any atom is 0.339 e. The highest BCUT2D eigenvalue weighted by molar-refractivity contribution is 7.07. The molecule has 0 aromatic carbocycles. The van der Waals surface area contributed by atoms with Gasteiger partial charge in [-0.3, -0.25) is 9.69 Å². The topological polar surface area (TPSA) is 62.4 Å². The smallest absolute Gasteiger partial charge is 0.339 e. The number of nitrogens with one attached hydrogen (secondary N) is 1. The third kappa shape index (κ3) is 3.16. The monoisotopic (exact) mass is 360 g/mol. The largest absolute Gasteiger partial charge is 0.465 e. The summed E-state index contributed by atoms with van der Waals surface area (Å²) in [5, 5.41) is 4.25. The van der Waals surface area contributed by atoms with Gasteiger partial charge in [0.05, 0.1) is 24.4 Å². The normalized spacial score (nSPS) is 19.1. The summed E-state index contributed by atoms with van der Waals surface area (Å²) in [6.45, 7) is 6.47. The second kappa shape index (κ2) is 7.14. The molecule has 1 aliphatic rings. The lowest BCUT2D eigenvalue weighted by atomic mass is 10.0. The maximum absolute atomic E-state index is 13.1. The molecular weight excluding hydrogens is 336 g/mol. The standard InChI is InChI=1S/C19H24N2O3S/c1-11-16(19(23)24-4)12(2)20-17(11)18(22)13(3)21-8-5-6-15(21)14-7-9-25-10-14/h7,9-10,13,15,20H,5-6,8H2,1-4H3/t13-,15+/m0/s1. The number of aromatic nitrogens is 1. The van der Waals surface area contributed by atoms with Crippen molar-refractivity contribution in [2.75, 3.05) is 13.7 Å². The molecule has 6 heteroatoms. The van der Waals surface area contributed by atoms with Crippen LogP contribution in [-0.2, 0) is 4.74 Å². The lowest BCUT2D eigenvalue weighted by Crippen LogP contribution is -2.38. The highest BCUT2D eigenvalue weighted by Crippen LogP contribution is 2.35. The van der Waals surface area contributed by atoms with Crippen LogP contribution in [0.4, 0.5) is 0 Å². The minimum Gasteiger partial charge on any atom is -0.465 e. The van der Waals surface area contributed by atoms with Gasteiger partial charge in [-0.2, -0.15) is 11.3 Å². The minimum absolute atomic E-state index is 0.0258. The van der Waals surface area contributed by atoms with Crippen molar-refractivity contribution in [1.29, 1.82) is 0 Å². The van der Waals surface area contributed by atoms with E-state index in [0.717, 1.165) is 19.4 Å². The molecule has 1 fully saturated rings. The summed E-state index contributed by atoms with van der Waals surface area (Å²) in [5.74, 6) is -0.381. The molecule has 0 radical (unpaired) electrons. The summed E-state index contributed by atoms with van der Waals surface area (Å²) in [6, 6.07) is 2.20. The number of nitrogens with zero attached hydrogens (tertiary/aromatic N) is 1. The van der Waals surface area contributed by atoms with Gasteiger partial charge in [0, 0.05) is 11.7 Å². The quantitative estimate of drug-likeness (QED) is 0.649. The van der Waals surface area contributed by atoms with Crippen molar-refractivity contribution in [2.45, 2.75) is 45.7 Å². The Morgan fingerprint density at radius 1 is 1.40 bits per heavy atom. The van der Waals surface area contributed by atoms with E-state index < -0.39 is 5.97 Å². The third-order valence-corrected chi connectivity index (χ3v) is 5.87. The van der Waals surface area contributed by atoms with E-state index in [4.69, 9.17) is 4.74 Å². The molecule has 0 amide bonds. The Hall–Kier alpha value is -1.92. The Morgan fingerprint density at radius 3 is 2.80 bits per heavy atom. The molecule has 1 saturated heterocycles. The maximum atomic E-state index is 13.1. The molecule has 0 bridgehead atoms. The van der Waals surface area contributed by atoms with Crippen LogP contribution in [0.1, 0.15) is 63.5 Å². The number of thiophene rings is 1. The Kier molecular flexibility index (Phi) is 5.11. The van der Waals surface area contributed by atoms with Gasteiger partial charge in [0.2, 0.25) is 0 Å². The number of H-pyrrole nitrogens is 1. The van der Waals surface area contributed by atoms with E-state index in [1.807, 2.05) is 6.92 Å². The average Bonchev–Trinajstić information content (AvgIpc) is 3.32. The number of hydrogen-bond acceptors (Lipinski definition) is 5. The molecule has 2 atom stereocenters. The van der Waals surface area contributed by atoms with Crippen molar-refractivity contribution in [1.82, 2.24) is 9.88 Å². The summed E-state index contributed by atoms with van der Waals surface area (Å²) < 4.78 is 4.84. The van der Waals surface area contributed by atoms with Crippen molar-refractivity contribution in [3.63, 3.8) is 0 Å². The second-order valence-electron chi connectivity index (χ2n) is 6.61. The number of carbonyl (C=O) groups excluding carboxylic acids is 2. The zero-order chi connectivity index (χ0) is 18.1. The Balaban J connectivity index is 1.87. The van der Waals surface area contributed by atoms with Crippen molar-refractivity contribution in [3.05, 3.63) is 44.9 Å². The van der Waals surface area contributed by atoms with Crippen LogP contribution in [0.25, 0.3) is 0 Å². The molecule has 2 aromatic heterocycles. The predicted octanol–water partition coefficient (Wildman–Crippen LogP) is 3.89. The SMILES string of the molecule is COC(=O)c1c(C)[nH]c(C(=O)[C@H](C)N2CCC[C@@H]2c2ccsc2)c1C. The van der Waals surface area contributed by atoms with Crippen molar-refractivity contribution >= 4 is 23.1 Å². The number of ketones is 1. The van der Waals surface area contributed by atoms with Crippen LogP contribution in [0.2, 0.25) is 0 Å². The number of hydrogen-bond donors (Lipinski definition) is 1. The number of likely N-dealkylation sites (tertiary alicyclic amines) is 1. The van der Waals surface area contributed by atoms with E-state index in [1.54, 1.807) is 25.2 Å². The first kappa shape index (κ1) is 17.9. The van der Waals surface area contributed by atoms with Crippen molar-refractivity contribution in [2.24, 2.45) is 0 Å². The molecule has 3 heterocycles. The number of carbonyl (C=O) groups is 2. The lowest BCUT2D eigenvalue weighted by molar-refractivity contribution is 0.0599. The number of esters is 1. The van der Waals surface area contributed by atoms with Crippen LogP contribution in [-0.4, -0.2) is 41.3 Å². The summed E-state index contributed by atoms with van der Waals surface area (Å²) in [4.78, 5) is 30.5. The van der Waals surface area contributed by atoms with Gasteiger partial charge in [-0.05, 0) is 68.1 Å². The number of ether oxygens (including phenoxy) is 1. The lowest BCUT2D eigenvalue weighted by Gasteiger charge is -2.29. The van der Waals surface area contributed by atoms with E-state index in [0.29, 0.717) is 28.6 Å². The third-order valence-electron chi connectivity index (χ3n) is 5.17. The van der Waals surface area contributed by atoms with Gasteiger partial charge in [0.15, 0.2) is 5.78 Å². The zero-order valence-corrected chi connectivity index (χ0v) is 15.9. The van der Waals surface area contributed by atoms with Gasteiger partial charge in [-0.15, -0.1) is 0 Å². The first-order chi connectivity index (χ1) is 12.0. The van der Waals surface area contributed by atoms with Crippen molar-refractivity contribution < 1.29 is 14.3 Å². The first-order valence-electron chi connectivity index (χ1n) is 8.55. The molecule has 0 unspecified atom stereocenters.